The van der Waals surface area contributed by atoms with Gasteiger partial charge in [-0.15, -0.1) is 0 Å². The molecule has 4 rings (SSSR count). The highest BCUT2D eigenvalue weighted by Crippen LogP contribution is 2.28. The Labute approximate surface area is 188 Å². The molecule has 0 N–H and O–H groups in total. The van der Waals surface area contributed by atoms with E-state index < -0.39 is 0 Å². The highest BCUT2D eigenvalue weighted by Gasteiger charge is 2.37. The predicted octanol–water partition coefficient (Wildman–Crippen LogP) is 3.10. The van der Waals surface area contributed by atoms with Crippen molar-refractivity contribution in [3.63, 3.8) is 0 Å². The number of nitrogens with zero attached hydrogens (tertiary/aromatic N) is 3. The number of likely N-dealkylation sites (tertiary alicyclic amines) is 1. The zero-order valence-corrected chi connectivity index (χ0v) is 18.6. The number of methoxy groups -OCH3 is 1. The largest absolute Gasteiger partial charge is 0.483 e. The Bertz CT molecular complexity index is 989. The number of carbonyl (C=O) groups is 2. The number of fused-ring (bicyclic) bond motifs is 2. The minimum atomic E-state index is -0.113. The zero-order chi connectivity index (χ0) is 22.5. The molecular formula is C25H29N3O4. The molecule has 2 aliphatic rings. The van der Waals surface area contributed by atoms with E-state index in [1.807, 2.05) is 36.2 Å². The maximum Gasteiger partial charge on any atom is 0.260 e. The van der Waals surface area contributed by atoms with Gasteiger partial charge in [0, 0.05) is 25.9 Å². The Kier molecular flexibility index (Phi) is 6.73. The van der Waals surface area contributed by atoms with E-state index in [1.54, 1.807) is 30.3 Å². The molecule has 2 aromatic rings. The molecule has 7 heteroatoms. The molecule has 2 aliphatic heterocycles. The summed E-state index contributed by atoms with van der Waals surface area (Å²) in [6.45, 7) is 0.637. The Hall–Kier alpha value is -3.35. The molecule has 0 saturated carbocycles. The van der Waals surface area contributed by atoms with Gasteiger partial charge < -0.3 is 19.3 Å². The molecule has 0 aliphatic carbocycles. The van der Waals surface area contributed by atoms with Crippen LogP contribution in [0.15, 0.2) is 54.7 Å². The molecule has 0 unspecified atom stereocenters. The average Bonchev–Trinajstić information content (AvgIpc) is 2.84. The molecular weight excluding hydrogens is 406 g/mol. The van der Waals surface area contributed by atoms with Crippen molar-refractivity contribution >= 4 is 11.8 Å². The second-order valence-electron chi connectivity index (χ2n) is 8.18. The fraction of sp³-hybridized carbons (Fsp3) is 0.400. The first kappa shape index (κ1) is 21.9. The number of hydrogen-bond donors (Lipinski definition) is 0. The van der Waals surface area contributed by atoms with Crippen molar-refractivity contribution in [2.75, 3.05) is 27.3 Å². The first-order chi connectivity index (χ1) is 15.6. The molecule has 168 valence electrons. The number of carbonyl (C=O) groups excluding carboxylic acids is 2. The Balaban J connectivity index is 1.61. The van der Waals surface area contributed by atoms with Gasteiger partial charge >= 0.3 is 0 Å². The molecule has 1 saturated heterocycles. The lowest BCUT2D eigenvalue weighted by molar-refractivity contribution is -0.136. The summed E-state index contributed by atoms with van der Waals surface area (Å²) >= 11 is 0. The lowest BCUT2D eigenvalue weighted by atomic mass is 9.91. The third kappa shape index (κ3) is 4.61. The summed E-state index contributed by atoms with van der Waals surface area (Å²) in [4.78, 5) is 34.2. The summed E-state index contributed by atoms with van der Waals surface area (Å²) < 4.78 is 11.0. The van der Waals surface area contributed by atoms with Gasteiger partial charge in [0.05, 0.1) is 24.8 Å². The zero-order valence-electron chi connectivity index (χ0n) is 18.6. The Morgan fingerprint density at radius 1 is 1.16 bits per heavy atom. The molecule has 2 amide bonds. The lowest BCUT2D eigenvalue weighted by Crippen LogP contribution is -2.57. The van der Waals surface area contributed by atoms with Crippen molar-refractivity contribution < 1.29 is 19.1 Å². The second-order valence-corrected chi connectivity index (χ2v) is 8.18. The Morgan fingerprint density at radius 3 is 2.78 bits per heavy atom. The molecule has 0 bridgehead atoms. The van der Waals surface area contributed by atoms with Crippen LogP contribution < -0.4 is 9.47 Å². The fourth-order valence-corrected chi connectivity index (χ4v) is 4.50. The molecule has 7 nitrogen and oxygen atoms in total. The fourth-order valence-electron chi connectivity index (χ4n) is 4.50. The first-order valence-corrected chi connectivity index (χ1v) is 11.0. The van der Waals surface area contributed by atoms with E-state index in [-0.39, 0.29) is 30.5 Å². The molecule has 1 fully saturated rings. The topological polar surface area (TPSA) is 72.0 Å². The van der Waals surface area contributed by atoms with E-state index in [9.17, 15) is 9.59 Å². The van der Waals surface area contributed by atoms with Crippen LogP contribution in [-0.4, -0.2) is 66.0 Å². The van der Waals surface area contributed by atoms with Crippen molar-refractivity contribution in [2.24, 2.45) is 0 Å². The molecule has 0 radical (unpaired) electrons. The number of pyridine rings is 1. The summed E-state index contributed by atoms with van der Waals surface area (Å²) in [5.41, 5.74) is 1.56. The minimum Gasteiger partial charge on any atom is -0.483 e. The van der Waals surface area contributed by atoms with Crippen molar-refractivity contribution in [1.82, 2.24) is 14.8 Å². The van der Waals surface area contributed by atoms with E-state index in [4.69, 9.17) is 9.47 Å². The monoisotopic (exact) mass is 435 g/mol. The number of piperidine rings is 1. The quantitative estimate of drug-likeness (QED) is 0.678. The van der Waals surface area contributed by atoms with Crippen LogP contribution >= 0.6 is 0 Å². The molecule has 3 heterocycles. The molecule has 2 atom stereocenters. The van der Waals surface area contributed by atoms with Gasteiger partial charge in [-0.2, -0.15) is 0 Å². The van der Waals surface area contributed by atoms with Gasteiger partial charge in [-0.05, 0) is 43.4 Å². The number of hydrogen-bond acceptors (Lipinski definition) is 5. The molecule has 1 aromatic heterocycles. The number of para-hydroxylation sites is 1. The number of aromatic nitrogens is 1. The second kappa shape index (κ2) is 9.85. The first-order valence-electron chi connectivity index (χ1n) is 11.0. The number of likely N-dealkylation sites (N-methyl/N-ethyl adjacent to an activating group) is 1. The normalized spacial score (nSPS) is 22.5. The van der Waals surface area contributed by atoms with E-state index in [0.29, 0.717) is 30.8 Å². The van der Waals surface area contributed by atoms with Crippen molar-refractivity contribution in [3.05, 3.63) is 65.9 Å². The summed E-state index contributed by atoms with van der Waals surface area (Å²) in [7, 11) is 3.36. The summed E-state index contributed by atoms with van der Waals surface area (Å²) in [5, 5.41) is 0. The highest BCUT2D eigenvalue weighted by atomic mass is 16.5. The molecule has 32 heavy (non-hydrogen) atoms. The van der Waals surface area contributed by atoms with Crippen LogP contribution in [-0.2, 0) is 11.2 Å². The number of allylic oxidation sites excluding steroid dienone is 1. The van der Waals surface area contributed by atoms with Gasteiger partial charge in [-0.1, -0.05) is 30.4 Å². The van der Waals surface area contributed by atoms with Gasteiger partial charge in [-0.3, -0.25) is 9.59 Å². The van der Waals surface area contributed by atoms with Crippen LogP contribution in [0, 0.1) is 0 Å². The van der Waals surface area contributed by atoms with Gasteiger partial charge in [-0.25, -0.2) is 4.98 Å². The number of amides is 2. The number of benzene rings is 1. The maximum absolute atomic E-state index is 13.4. The van der Waals surface area contributed by atoms with Crippen LogP contribution in [0.2, 0.25) is 0 Å². The van der Waals surface area contributed by atoms with Gasteiger partial charge in [0.2, 0.25) is 5.88 Å². The SMILES string of the molecule is COc1ccc(C(=O)N2CCC[C@@H]3[C@H]2C/C=C/Cc2ccccc2OCC(=O)N3C)cn1. The van der Waals surface area contributed by atoms with Crippen molar-refractivity contribution in [2.45, 2.75) is 37.8 Å². The lowest BCUT2D eigenvalue weighted by Gasteiger charge is -2.44. The van der Waals surface area contributed by atoms with Crippen LogP contribution in [0.1, 0.15) is 35.2 Å². The highest BCUT2D eigenvalue weighted by molar-refractivity contribution is 5.94. The molecule has 0 spiro atoms. The minimum absolute atomic E-state index is 0.0171. The van der Waals surface area contributed by atoms with Gasteiger partial charge in [0.15, 0.2) is 6.61 Å². The van der Waals surface area contributed by atoms with E-state index in [0.717, 1.165) is 24.2 Å². The average molecular weight is 436 g/mol. The summed E-state index contributed by atoms with van der Waals surface area (Å²) in [6.07, 6.45) is 8.87. The predicted molar refractivity (Wildman–Crippen MR) is 121 cm³/mol. The summed E-state index contributed by atoms with van der Waals surface area (Å²) in [5.74, 6) is 1.05. The number of rotatable bonds is 2. The smallest absolute Gasteiger partial charge is 0.260 e. The Morgan fingerprint density at radius 2 is 2.00 bits per heavy atom. The van der Waals surface area contributed by atoms with Crippen LogP contribution in [0.4, 0.5) is 0 Å². The third-order valence-electron chi connectivity index (χ3n) is 6.29. The molecule has 1 aromatic carbocycles. The third-order valence-corrected chi connectivity index (χ3v) is 6.29. The van der Waals surface area contributed by atoms with Crippen molar-refractivity contribution in [3.8, 4) is 11.6 Å². The van der Waals surface area contributed by atoms with E-state index >= 15 is 0 Å². The number of ether oxygens (including phenoxy) is 2. The van der Waals surface area contributed by atoms with Crippen LogP contribution in [0.3, 0.4) is 0 Å². The standard InChI is InChI=1S/C25H29N3O4/c1-27-20-11-7-15-28(25(30)19-13-14-23(31-2)26-16-19)21(20)10-5-3-8-18-9-4-6-12-22(18)32-17-24(27)29/h3-6,9,12-14,16,20-21H,7-8,10-11,15,17H2,1-2H3/b5-3+/t20-,21-/m1/s1. The summed E-state index contributed by atoms with van der Waals surface area (Å²) in [6, 6.07) is 11.0. The van der Waals surface area contributed by atoms with Crippen molar-refractivity contribution in [1.29, 1.82) is 0 Å². The van der Waals surface area contributed by atoms with E-state index in [2.05, 4.69) is 17.1 Å². The van der Waals surface area contributed by atoms with E-state index in [1.165, 1.54) is 0 Å². The van der Waals surface area contributed by atoms with Crippen LogP contribution in [0.25, 0.3) is 0 Å². The van der Waals surface area contributed by atoms with Gasteiger partial charge in [0.25, 0.3) is 11.8 Å². The van der Waals surface area contributed by atoms with Gasteiger partial charge in [0.1, 0.15) is 5.75 Å². The van der Waals surface area contributed by atoms with Crippen LogP contribution in [0.5, 0.6) is 11.6 Å². The maximum atomic E-state index is 13.4.